The Morgan fingerprint density at radius 1 is 1.45 bits per heavy atom. The molecule has 0 unspecified atom stereocenters. The number of nitrogens with one attached hydrogen (secondary N) is 1. The zero-order chi connectivity index (χ0) is 14.9. The van der Waals surface area contributed by atoms with Crippen LogP contribution in [0.15, 0.2) is 35.5 Å². The highest BCUT2D eigenvalue weighted by molar-refractivity contribution is 7.89. The zero-order valence-electron chi connectivity index (χ0n) is 10.4. The molecule has 1 heterocycles. The molecule has 0 fully saturated rings. The molecule has 9 heteroatoms. The molecule has 106 valence electrons. The molecule has 2 rings (SSSR count). The fourth-order valence-electron chi connectivity index (χ4n) is 1.51. The average Bonchev–Trinajstić information content (AvgIpc) is 2.77. The SMILES string of the molecule is Cn1cc(C(=O)Nc2cc(S(N)(=O)=O)ccc2F)cn1. The minimum Gasteiger partial charge on any atom is -0.319 e. The molecule has 0 aliphatic rings. The molecule has 0 radical (unpaired) electrons. The van der Waals surface area contributed by atoms with Crippen LogP contribution in [0.3, 0.4) is 0 Å². The lowest BCUT2D eigenvalue weighted by Crippen LogP contribution is -2.15. The van der Waals surface area contributed by atoms with Crippen molar-refractivity contribution in [3.05, 3.63) is 42.0 Å². The molecular weight excluding hydrogens is 287 g/mol. The predicted molar refractivity (Wildman–Crippen MR) is 68.9 cm³/mol. The first-order valence-electron chi connectivity index (χ1n) is 5.40. The lowest BCUT2D eigenvalue weighted by Gasteiger charge is -2.07. The van der Waals surface area contributed by atoms with E-state index in [-0.39, 0.29) is 16.1 Å². The highest BCUT2D eigenvalue weighted by Crippen LogP contribution is 2.19. The topological polar surface area (TPSA) is 107 Å². The number of aryl methyl sites for hydroxylation is 1. The molecule has 1 aromatic heterocycles. The van der Waals surface area contributed by atoms with Gasteiger partial charge >= 0.3 is 0 Å². The van der Waals surface area contributed by atoms with Crippen LogP contribution < -0.4 is 10.5 Å². The number of anilines is 1. The van der Waals surface area contributed by atoms with Gasteiger partial charge in [-0.15, -0.1) is 0 Å². The summed E-state index contributed by atoms with van der Waals surface area (Å²) < 4.78 is 37.3. The summed E-state index contributed by atoms with van der Waals surface area (Å²) in [4.78, 5) is 11.5. The monoisotopic (exact) mass is 298 g/mol. The molecule has 2 aromatic rings. The predicted octanol–water partition coefficient (Wildman–Crippen LogP) is 0.459. The second kappa shape index (κ2) is 5.02. The molecule has 7 nitrogen and oxygen atoms in total. The van der Waals surface area contributed by atoms with E-state index in [1.54, 1.807) is 7.05 Å². The zero-order valence-corrected chi connectivity index (χ0v) is 11.2. The van der Waals surface area contributed by atoms with Crippen LogP contribution in [0, 0.1) is 5.82 Å². The maximum absolute atomic E-state index is 13.6. The van der Waals surface area contributed by atoms with Crippen LogP contribution in [0.1, 0.15) is 10.4 Å². The Morgan fingerprint density at radius 3 is 2.70 bits per heavy atom. The first kappa shape index (κ1) is 14.2. The van der Waals surface area contributed by atoms with Gasteiger partial charge in [-0.2, -0.15) is 5.10 Å². The van der Waals surface area contributed by atoms with Crippen molar-refractivity contribution in [2.24, 2.45) is 12.2 Å². The number of hydrogen-bond acceptors (Lipinski definition) is 4. The van der Waals surface area contributed by atoms with Crippen molar-refractivity contribution in [1.29, 1.82) is 0 Å². The Kier molecular flexibility index (Phi) is 3.55. The van der Waals surface area contributed by atoms with Crippen LogP contribution in [-0.4, -0.2) is 24.1 Å². The standard InChI is InChI=1S/C11H11FN4O3S/c1-16-6-7(5-14-16)11(17)15-10-4-8(20(13,18)19)2-3-9(10)12/h2-6H,1H3,(H,15,17)(H2,13,18,19). The number of benzene rings is 1. The molecular formula is C11H11FN4O3S. The highest BCUT2D eigenvalue weighted by Gasteiger charge is 2.15. The first-order valence-corrected chi connectivity index (χ1v) is 6.94. The quantitative estimate of drug-likeness (QED) is 0.858. The molecule has 0 aliphatic carbocycles. The fraction of sp³-hybridized carbons (Fsp3) is 0.0909. The number of aromatic nitrogens is 2. The first-order chi connectivity index (χ1) is 9.27. The smallest absolute Gasteiger partial charge is 0.258 e. The molecule has 3 N–H and O–H groups in total. The van der Waals surface area contributed by atoms with E-state index in [1.165, 1.54) is 17.1 Å². The van der Waals surface area contributed by atoms with Crippen LogP contribution in [-0.2, 0) is 17.1 Å². The molecule has 0 saturated heterocycles. The van der Waals surface area contributed by atoms with E-state index in [1.807, 2.05) is 0 Å². The summed E-state index contributed by atoms with van der Waals surface area (Å²) in [5.41, 5.74) is -0.0571. The van der Waals surface area contributed by atoms with Gasteiger partial charge in [-0.1, -0.05) is 0 Å². The average molecular weight is 298 g/mol. The van der Waals surface area contributed by atoms with Gasteiger partial charge in [-0.3, -0.25) is 9.48 Å². The van der Waals surface area contributed by atoms with Crippen molar-refractivity contribution in [3.63, 3.8) is 0 Å². The summed E-state index contributed by atoms with van der Waals surface area (Å²) in [7, 11) is -2.35. The van der Waals surface area contributed by atoms with E-state index < -0.39 is 21.7 Å². The van der Waals surface area contributed by atoms with Gasteiger partial charge in [0.05, 0.1) is 22.3 Å². The molecule has 1 amide bonds. The van der Waals surface area contributed by atoms with Crippen molar-refractivity contribution < 1.29 is 17.6 Å². The number of nitrogens with two attached hydrogens (primary N) is 1. The number of carbonyl (C=O) groups excluding carboxylic acids is 1. The third-order valence-corrected chi connectivity index (χ3v) is 3.39. The molecule has 1 aromatic carbocycles. The minimum atomic E-state index is -3.97. The Morgan fingerprint density at radius 2 is 2.15 bits per heavy atom. The molecule has 0 saturated carbocycles. The maximum Gasteiger partial charge on any atom is 0.258 e. The Hall–Kier alpha value is -2.26. The van der Waals surface area contributed by atoms with E-state index in [2.05, 4.69) is 10.4 Å². The van der Waals surface area contributed by atoms with Crippen LogP contribution in [0.25, 0.3) is 0 Å². The normalized spacial score (nSPS) is 11.3. The third kappa shape index (κ3) is 3.00. The van der Waals surface area contributed by atoms with Gasteiger partial charge in [0.1, 0.15) is 5.82 Å². The number of primary sulfonamides is 1. The molecule has 0 bridgehead atoms. The van der Waals surface area contributed by atoms with Crippen molar-refractivity contribution >= 4 is 21.6 Å². The number of carbonyl (C=O) groups is 1. The van der Waals surface area contributed by atoms with Crippen LogP contribution >= 0.6 is 0 Å². The maximum atomic E-state index is 13.6. The fourth-order valence-corrected chi connectivity index (χ4v) is 2.05. The molecule has 0 spiro atoms. The molecule has 20 heavy (non-hydrogen) atoms. The van der Waals surface area contributed by atoms with Crippen LogP contribution in [0.4, 0.5) is 10.1 Å². The van der Waals surface area contributed by atoms with Gasteiger partial charge in [0.25, 0.3) is 5.91 Å². The van der Waals surface area contributed by atoms with Gasteiger partial charge < -0.3 is 5.32 Å². The third-order valence-electron chi connectivity index (χ3n) is 2.48. The second-order valence-electron chi connectivity index (χ2n) is 4.04. The summed E-state index contributed by atoms with van der Waals surface area (Å²) in [5.74, 6) is -1.38. The van der Waals surface area contributed by atoms with Gasteiger partial charge in [-0.25, -0.2) is 17.9 Å². The molecule has 0 atom stereocenters. The number of sulfonamides is 1. The number of halogens is 1. The van der Waals surface area contributed by atoms with E-state index in [4.69, 9.17) is 5.14 Å². The van der Waals surface area contributed by atoms with Gasteiger partial charge in [-0.05, 0) is 18.2 Å². The lowest BCUT2D eigenvalue weighted by molar-refractivity contribution is 0.102. The summed E-state index contributed by atoms with van der Waals surface area (Å²) in [5, 5.41) is 11.0. The minimum absolute atomic E-state index is 0.216. The summed E-state index contributed by atoms with van der Waals surface area (Å²) in [6.07, 6.45) is 2.74. The number of hydrogen-bond donors (Lipinski definition) is 2. The Balaban J connectivity index is 2.31. The van der Waals surface area contributed by atoms with E-state index in [0.29, 0.717) is 0 Å². The van der Waals surface area contributed by atoms with Gasteiger partial charge in [0, 0.05) is 13.2 Å². The lowest BCUT2D eigenvalue weighted by atomic mass is 10.2. The Labute approximate surface area is 114 Å². The van der Waals surface area contributed by atoms with Crippen molar-refractivity contribution in [3.8, 4) is 0 Å². The highest BCUT2D eigenvalue weighted by atomic mass is 32.2. The van der Waals surface area contributed by atoms with Gasteiger partial charge in [0.2, 0.25) is 10.0 Å². The summed E-state index contributed by atoms with van der Waals surface area (Å²) in [6.45, 7) is 0. The number of nitrogens with zero attached hydrogens (tertiary/aromatic N) is 2. The van der Waals surface area contributed by atoms with E-state index >= 15 is 0 Å². The van der Waals surface area contributed by atoms with Crippen molar-refractivity contribution in [2.45, 2.75) is 4.90 Å². The molecule has 0 aliphatic heterocycles. The second-order valence-corrected chi connectivity index (χ2v) is 5.60. The largest absolute Gasteiger partial charge is 0.319 e. The van der Waals surface area contributed by atoms with Crippen molar-refractivity contribution in [1.82, 2.24) is 9.78 Å². The summed E-state index contributed by atoms with van der Waals surface area (Å²) >= 11 is 0. The van der Waals surface area contributed by atoms with Crippen LogP contribution in [0.2, 0.25) is 0 Å². The van der Waals surface area contributed by atoms with Crippen molar-refractivity contribution in [2.75, 3.05) is 5.32 Å². The number of rotatable bonds is 3. The Bertz CT molecular complexity index is 770. The van der Waals surface area contributed by atoms with E-state index in [0.717, 1.165) is 18.2 Å². The van der Waals surface area contributed by atoms with Gasteiger partial charge in [0.15, 0.2) is 0 Å². The summed E-state index contributed by atoms with van der Waals surface area (Å²) in [6, 6.07) is 2.89. The number of amides is 1. The van der Waals surface area contributed by atoms with E-state index in [9.17, 15) is 17.6 Å². The van der Waals surface area contributed by atoms with Crippen LogP contribution in [0.5, 0.6) is 0 Å².